The molecular weight excluding hydrogens is 873 g/mol. The summed E-state index contributed by atoms with van der Waals surface area (Å²) in [6.45, 7) is 2.19. The van der Waals surface area contributed by atoms with Crippen molar-refractivity contribution in [3.63, 3.8) is 0 Å². The van der Waals surface area contributed by atoms with E-state index in [9.17, 15) is 0 Å². The quantitative estimate of drug-likeness (QED) is 0.123. The molecule has 4 aromatic carbocycles. The van der Waals surface area contributed by atoms with Gasteiger partial charge in [-0.05, 0) is 72.4 Å². The maximum Gasteiger partial charge on any atom is 0.121 e. The zero-order valence-corrected chi connectivity index (χ0v) is 35.1. The van der Waals surface area contributed by atoms with Gasteiger partial charge in [0.25, 0.3) is 0 Å². The van der Waals surface area contributed by atoms with Crippen molar-refractivity contribution in [3.05, 3.63) is 139 Å². The number of rotatable bonds is 6. The first-order valence-corrected chi connectivity index (χ1v) is 26.0. The average Bonchev–Trinajstić information content (AvgIpc) is 3.54. The summed E-state index contributed by atoms with van der Waals surface area (Å²) >= 11 is -1.77. The van der Waals surface area contributed by atoms with Crippen LogP contribution in [0.5, 0.6) is 0 Å². The Morgan fingerprint density at radius 2 is 1.56 bits per heavy atom. The standard InChI is InChI=1S/C32H28NO.C15H18GeN.Ir/c1-2-5-23(6-3-1)25-13-14-27-28-7-4-8-29(32(28)34-31(27)20-25)30-19-22(15-16-33-30)18-26-17-21-9-11-24(26)12-10-21;1-12-10-15(13-8-6-5-7-9-13)17-11-14(12)16(2,3)4;/h1-7,13-16,19-21,24,26H,9-12,17-18H2;5-8,10-11H,1-4H3;/q2*-1;. The van der Waals surface area contributed by atoms with Crippen molar-refractivity contribution in [1.29, 1.82) is 0 Å². The zero-order valence-electron chi connectivity index (χ0n) is 30.6. The van der Waals surface area contributed by atoms with E-state index in [0.717, 1.165) is 62.2 Å². The van der Waals surface area contributed by atoms with E-state index in [-0.39, 0.29) is 20.1 Å². The molecule has 3 saturated carbocycles. The number of pyridine rings is 2. The molecule has 3 heterocycles. The minimum absolute atomic E-state index is 0. The summed E-state index contributed by atoms with van der Waals surface area (Å²) in [6.07, 6.45) is 12.4. The summed E-state index contributed by atoms with van der Waals surface area (Å²) in [4.78, 5) is 9.34. The second-order valence-corrected chi connectivity index (χ2v) is 26.3. The third-order valence-electron chi connectivity index (χ3n) is 11.2. The van der Waals surface area contributed by atoms with Gasteiger partial charge in [0.2, 0.25) is 0 Å². The van der Waals surface area contributed by atoms with E-state index >= 15 is 0 Å². The molecular formula is C47H46GeIrN2O-2. The van der Waals surface area contributed by atoms with Crippen LogP contribution < -0.4 is 4.40 Å². The maximum absolute atomic E-state index is 6.46. The van der Waals surface area contributed by atoms with Gasteiger partial charge >= 0.3 is 106 Å². The van der Waals surface area contributed by atoms with Crippen molar-refractivity contribution in [3.8, 4) is 33.6 Å². The Morgan fingerprint density at radius 1 is 0.750 bits per heavy atom. The smallest absolute Gasteiger partial charge is 0.121 e. The van der Waals surface area contributed by atoms with Crippen LogP contribution >= 0.6 is 0 Å². The number of benzene rings is 4. The minimum atomic E-state index is -1.77. The predicted molar refractivity (Wildman–Crippen MR) is 215 cm³/mol. The molecule has 265 valence electrons. The van der Waals surface area contributed by atoms with E-state index in [2.05, 4.69) is 120 Å². The van der Waals surface area contributed by atoms with E-state index in [1.807, 2.05) is 36.5 Å². The van der Waals surface area contributed by atoms with Crippen LogP contribution in [0.4, 0.5) is 0 Å². The molecule has 52 heavy (non-hydrogen) atoms. The first-order valence-electron chi connectivity index (χ1n) is 18.6. The summed E-state index contributed by atoms with van der Waals surface area (Å²) in [5.74, 6) is 9.93. The molecule has 0 N–H and O–H groups in total. The van der Waals surface area contributed by atoms with Crippen molar-refractivity contribution in [1.82, 2.24) is 9.97 Å². The van der Waals surface area contributed by atoms with Gasteiger partial charge in [-0.1, -0.05) is 77.9 Å². The van der Waals surface area contributed by atoms with Crippen molar-refractivity contribution in [2.75, 3.05) is 0 Å². The Kier molecular flexibility index (Phi) is 11.0. The van der Waals surface area contributed by atoms with Crippen LogP contribution in [0.1, 0.15) is 43.2 Å². The van der Waals surface area contributed by atoms with Gasteiger partial charge in [-0.25, -0.2) is 0 Å². The minimum Gasteiger partial charge on any atom is -0.501 e. The summed E-state index contributed by atoms with van der Waals surface area (Å²) in [5.41, 5.74) is 10.9. The van der Waals surface area contributed by atoms with Crippen LogP contribution in [-0.2, 0) is 26.5 Å². The molecule has 3 nitrogen and oxygen atoms in total. The molecule has 1 radical (unpaired) electrons. The summed E-state index contributed by atoms with van der Waals surface area (Å²) in [7, 11) is 0. The van der Waals surface area contributed by atoms with E-state index in [4.69, 9.17) is 9.40 Å². The number of hydrogen-bond acceptors (Lipinski definition) is 3. The normalized spacial score (nSPS) is 18.1. The van der Waals surface area contributed by atoms with E-state index < -0.39 is 13.3 Å². The fourth-order valence-corrected chi connectivity index (χ4v) is 12.2. The first kappa shape index (κ1) is 36.5. The summed E-state index contributed by atoms with van der Waals surface area (Å²) in [6, 6.07) is 42.4. The monoisotopic (exact) mass is 921 g/mol. The Hall–Kier alpha value is -3.83. The van der Waals surface area contributed by atoms with Gasteiger partial charge in [0.1, 0.15) is 5.58 Å². The molecule has 10 rings (SSSR count). The molecule has 3 aliphatic rings. The van der Waals surface area contributed by atoms with Crippen LogP contribution in [0.25, 0.3) is 55.6 Å². The molecule has 3 aromatic heterocycles. The van der Waals surface area contributed by atoms with Gasteiger partial charge in [0, 0.05) is 31.7 Å². The third-order valence-corrected chi connectivity index (χ3v) is 15.7. The molecule has 3 fully saturated rings. The van der Waals surface area contributed by atoms with E-state index in [0.29, 0.717) is 0 Å². The molecule has 2 bridgehead atoms. The van der Waals surface area contributed by atoms with Crippen LogP contribution in [0.15, 0.2) is 120 Å². The van der Waals surface area contributed by atoms with Gasteiger partial charge in [-0.2, -0.15) is 0 Å². The molecule has 5 heteroatoms. The number of aromatic nitrogens is 2. The van der Waals surface area contributed by atoms with Gasteiger partial charge in [-0.15, -0.1) is 18.2 Å². The third kappa shape index (κ3) is 7.76. The second kappa shape index (κ2) is 15.6. The van der Waals surface area contributed by atoms with Crippen LogP contribution in [0.2, 0.25) is 17.3 Å². The van der Waals surface area contributed by atoms with Gasteiger partial charge in [-0.3, -0.25) is 0 Å². The topological polar surface area (TPSA) is 38.9 Å². The number of nitrogens with zero attached hydrogens (tertiary/aromatic N) is 2. The van der Waals surface area contributed by atoms with Crippen LogP contribution in [0, 0.1) is 36.8 Å². The fraction of sp³-hybridized carbons (Fsp3) is 0.277. The molecule has 3 aliphatic carbocycles. The molecule has 0 saturated heterocycles. The van der Waals surface area contributed by atoms with E-state index in [1.165, 1.54) is 65.2 Å². The molecule has 7 aromatic rings. The van der Waals surface area contributed by atoms with Crippen LogP contribution in [0.3, 0.4) is 0 Å². The number of aryl methyl sites for hydroxylation is 1. The van der Waals surface area contributed by atoms with Crippen molar-refractivity contribution in [2.45, 2.75) is 62.7 Å². The molecule has 1 atom stereocenters. The molecule has 1 unspecified atom stereocenters. The zero-order chi connectivity index (χ0) is 35.0. The van der Waals surface area contributed by atoms with E-state index in [1.54, 1.807) is 0 Å². The summed E-state index contributed by atoms with van der Waals surface area (Å²) in [5, 5.41) is 2.26. The van der Waals surface area contributed by atoms with Crippen LogP contribution in [-0.4, -0.2) is 23.2 Å². The Morgan fingerprint density at radius 3 is 2.27 bits per heavy atom. The SMILES string of the molecule is Cc1cc(-c2[c-]cccc2)nc[c]1[Ge]([CH3])([CH3])[CH3].[Ir].[c-]1ccc2c(oc3cc(-c4ccccc4)ccc32)c1-c1cc(CC2CC3CCC2CC3)ccn1. The maximum atomic E-state index is 6.46. The van der Waals surface area contributed by atoms with Crippen molar-refractivity contribution in [2.24, 2.45) is 17.8 Å². The van der Waals surface area contributed by atoms with Gasteiger partial charge < -0.3 is 9.40 Å². The first-order chi connectivity index (χ1) is 24.8. The van der Waals surface area contributed by atoms with Crippen molar-refractivity contribution < 1.29 is 24.5 Å². The molecule has 0 amide bonds. The molecule has 0 spiro atoms. The molecule has 0 aliphatic heterocycles. The Balaban J connectivity index is 0.000000198. The number of furan rings is 1. The largest absolute Gasteiger partial charge is 0.501 e. The Bertz CT molecular complexity index is 2280. The number of hydrogen-bond donors (Lipinski definition) is 0. The number of fused-ring (bicyclic) bond motifs is 6. The summed E-state index contributed by atoms with van der Waals surface area (Å²) < 4.78 is 7.95. The fourth-order valence-electron chi connectivity index (χ4n) is 8.59. The second-order valence-electron chi connectivity index (χ2n) is 15.7. The Labute approximate surface area is 325 Å². The van der Waals surface area contributed by atoms with Crippen molar-refractivity contribution >= 4 is 39.6 Å². The average molecular weight is 920 g/mol. The predicted octanol–water partition coefficient (Wildman–Crippen LogP) is 11.9. The van der Waals surface area contributed by atoms with Gasteiger partial charge in [0.15, 0.2) is 0 Å². The van der Waals surface area contributed by atoms with Gasteiger partial charge in [0.05, 0.1) is 5.58 Å².